The van der Waals surface area contributed by atoms with Crippen molar-refractivity contribution in [2.75, 3.05) is 17.2 Å². The van der Waals surface area contributed by atoms with Crippen molar-refractivity contribution >= 4 is 22.8 Å². The third-order valence-electron chi connectivity index (χ3n) is 4.74. The van der Waals surface area contributed by atoms with Gasteiger partial charge in [0, 0.05) is 49.1 Å². The lowest BCUT2D eigenvalue weighted by molar-refractivity contribution is 0.768. The standard InChI is InChI=1S/C19H19N7/c1-25-12-14(10-23-25)17-11-22-19-18(21-7-8-26(17)19)24-15-5-4-13-3-2-6-20-16(13)9-15/h4-5,7-12,20H,2-3,6H2,1H3,(H,21,24). The Morgan fingerprint density at radius 2 is 2.15 bits per heavy atom. The maximum atomic E-state index is 4.57. The average Bonchev–Trinajstić information content (AvgIpc) is 3.28. The molecular weight excluding hydrogens is 326 g/mol. The molecule has 3 aromatic heterocycles. The minimum absolute atomic E-state index is 0.735. The van der Waals surface area contributed by atoms with Gasteiger partial charge in [-0.2, -0.15) is 5.10 Å². The molecule has 26 heavy (non-hydrogen) atoms. The number of imidazole rings is 1. The van der Waals surface area contributed by atoms with Crippen LogP contribution in [0.1, 0.15) is 12.0 Å². The van der Waals surface area contributed by atoms with Crippen LogP contribution in [0.15, 0.2) is 49.2 Å². The Kier molecular flexibility index (Phi) is 3.38. The molecule has 1 aromatic carbocycles. The van der Waals surface area contributed by atoms with Crippen LogP contribution in [-0.2, 0) is 13.5 Å². The van der Waals surface area contributed by atoms with Gasteiger partial charge in [0.2, 0.25) is 0 Å². The highest BCUT2D eigenvalue weighted by molar-refractivity contribution is 5.75. The normalized spacial score (nSPS) is 13.4. The number of nitrogens with one attached hydrogen (secondary N) is 2. The molecule has 0 saturated heterocycles. The number of rotatable bonds is 3. The van der Waals surface area contributed by atoms with E-state index in [-0.39, 0.29) is 0 Å². The second-order valence-electron chi connectivity index (χ2n) is 6.54. The number of hydrogen-bond acceptors (Lipinski definition) is 5. The first-order valence-corrected chi connectivity index (χ1v) is 8.73. The number of fused-ring (bicyclic) bond motifs is 2. The van der Waals surface area contributed by atoms with Crippen LogP contribution in [0.25, 0.3) is 16.9 Å². The first kappa shape index (κ1) is 14.9. The highest BCUT2D eigenvalue weighted by Crippen LogP contribution is 2.29. The molecule has 0 bridgehead atoms. The fourth-order valence-corrected chi connectivity index (χ4v) is 3.45. The van der Waals surface area contributed by atoms with Crippen molar-refractivity contribution in [3.8, 4) is 11.3 Å². The number of anilines is 3. The Labute approximate surface area is 150 Å². The summed E-state index contributed by atoms with van der Waals surface area (Å²) in [6.07, 6.45) is 11.7. The molecule has 7 nitrogen and oxygen atoms in total. The quantitative estimate of drug-likeness (QED) is 0.596. The van der Waals surface area contributed by atoms with Crippen molar-refractivity contribution in [2.24, 2.45) is 7.05 Å². The summed E-state index contributed by atoms with van der Waals surface area (Å²) in [5.74, 6) is 0.735. The summed E-state index contributed by atoms with van der Waals surface area (Å²) in [6.45, 7) is 1.03. The van der Waals surface area contributed by atoms with Crippen LogP contribution < -0.4 is 10.6 Å². The predicted octanol–water partition coefficient (Wildman–Crippen LogP) is 3.23. The maximum absolute atomic E-state index is 4.57. The van der Waals surface area contributed by atoms with Crippen molar-refractivity contribution < 1.29 is 0 Å². The topological polar surface area (TPSA) is 72.1 Å². The van der Waals surface area contributed by atoms with E-state index in [9.17, 15) is 0 Å². The fourth-order valence-electron chi connectivity index (χ4n) is 3.45. The lowest BCUT2D eigenvalue weighted by Crippen LogP contribution is -2.11. The molecule has 4 heterocycles. The minimum atomic E-state index is 0.735. The Morgan fingerprint density at radius 1 is 1.19 bits per heavy atom. The average molecular weight is 345 g/mol. The van der Waals surface area contributed by atoms with Crippen molar-refractivity contribution in [3.63, 3.8) is 0 Å². The summed E-state index contributed by atoms with van der Waals surface area (Å²) in [5.41, 5.74) is 6.38. The van der Waals surface area contributed by atoms with Crippen LogP contribution >= 0.6 is 0 Å². The van der Waals surface area contributed by atoms with Crippen LogP contribution in [-0.4, -0.2) is 30.7 Å². The van der Waals surface area contributed by atoms with Crippen LogP contribution in [0.3, 0.4) is 0 Å². The van der Waals surface area contributed by atoms with Gasteiger partial charge in [0.1, 0.15) is 0 Å². The number of benzene rings is 1. The van der Waals surface area contributed by atoms with Crippen molar-refractivity contribution in [2.45, 2.75) is 12.8 Å². The molecule has 0 atom stereocenters. The van der Waals surface area contributed by atoms with E-state index < -0.39 is 0 Å². The molecule has 2 N–H and O–H groups in total. The van der Waals surface area contributed by atoms with Crippen molar-refractivity contribution in [1.29, 1.82) is 0 Å². The van der Waals surface area contributed by atoms with Crippen LogP contribution in [0, 0.1) is 0 Å². The van der Waals surface area contributed by atoms with Gasteiger partial charge in [-0.05, 0) is 30.5 Å². The zero-order chi connectivity index (χ0) is 17.5. The Hall–Kier alpha value is -3.35. The van der Waals surface area contributed by atoms with E-state index in [0.29, 0.717) is 0 Å². The van der Waals surface area contributed by atoms with Crippen LogP contribution in [0.4, 0.5) is 17.2 Å². The molecule has 0 radical (unpaired) electrons. The summed E-state index contributed by atoms with van der Waals surface area (Å²) in [5, 5.41) is 11.1. The number of nitrogens with zero attached hydrogens (tertiary/aromatic N) is 5. The monoisotopic (exact) mass is 345 g/mol. The van der Waals surface area contributed by atoms with E-state index in [1.807, 2.05) is 36.2 Å². The van der Waals surface area contributed by atoms with Gasteiger partial charge in [-0.3, -0.25) is 9.08 Å². The Morgan fingerprint density at radius 3 is 3.04 bits per heavy atom. The number of aryl methyl sites for hydroxylation is 2. The molecule has 0 unspecified atom stereocenters. The molecule has 5 rings (SSSR count). The van der Waals surface area contributed by atoms with E-state index in [4.69, 9.17) is 0 Å². The van der Waals surface area contributed by atoms with E-state index in [0.717, 1.165) is 41.4 Å². The van der Waals surface area contributed by atoms with Crippen molar-refractivity contribution in [1.82, 2.24) is 24.1 Å². The van der Waals surface area contributed by atoms with Gasteiger partial charge in [0.05, 0.1) is 18.1 Å². The SMILES string of the molecule is Cn1cc(-c2cnc3c(Nc4ccc5c(c4)NCCC5)nccn23)cn1. The maximum Gasteiger partial charge on any atom is 0.180 e. The Balaban J connectivity index is 1.53. The second-order valence-corrected chi connectivity index (χ2v) is 6.54. The molecule has 1 aliphatic heterocycles. The van der Waals surface area contributed by atoms with Crippen molar-refractivity contribution in [3.05, 3.63) is 54.7 Å². The zero-order valence-corrected chi connectivity index (χ0v) is 14.5. The summed E-state index contributed by atoms with van der Waals surface area (Å²) < 4.78 is 3.82. The molecule has 1 aliphatic rings. The van der Waals surface area contributed by atoms with Crippen LogP contribution in [0.2, 0.25) is 0 Å². The molecule has 0 saturated carbocycles. The molecule has 0 spiro atoms. The smallest absolute Gasteiger partial charge is 0.180 e. The van der Waals surface area contributed by atoms with Gasteiger partial charge >= 0.3 is 0 Å². The van der Waals surface area contributed by atoms with Crippen LogP contribution in [0.5, 0.6) is 0 Å². The van der Waals surface area contributed by atoms with Gasteiger partial charge < -0.3 is 10.6 Å². The van der Waals surface area contributed by atoms with E-state index >= 15 is 0 Å². The van der Waals surface area contributed by atoms with Gasteiger partial charge in [0.25, 0.3) is 0 Å². The highest BCUT2D eigenvalue weighted by Gasteiger charge is 2.13. The van der Waals surface area contributed by atoms with Gasteiger partial charge in [-0.15, -0.1) is 0 Å². The largest absolute Gasteiger partial charge is 0.385 e. The lowest BCUT2D eigenvalue weighted by Gasteiger charge is -2.19. The third-order valence-corrected chi connectivity index (χ3v) is 4.74. The first-order chi connectivity index (χ1) is 12.8. The fraction of sp³-hybridized carbons (Fsp3) is 0.211. The molecule has 7 heteroatoms. The molecular formula is C19H19N7. The Bertz CT molecular complexity index is 1090. The molecule has 0 fully saturated rings. The minimum Gasteiger partial charge on any atom is -0.385 e. The highest BCUT2D eigenvalue weighted by atomic mass is 15.2. The molecule has 4 aromatic rings. The van der Waals surface area contributed by atoms with E-state index in [1.54, 1.807) is 10.9 Å². The lowest BCUT2D eigenvalue weighted by atomic mass is 10.0. The zero-order valence-electron chi connectivity index (χ0n) is 14.5. The summed E-state index contributed by atoms with van der Waals surface area (Å²) in [6, 6.07) is 6.42. The second kappa shape index (κ2) is 5.87. The van der Waals surface area contributed by atoms with Gasteiger partial charge in [-0.1, -0.05) is 6.07 Å². The summed E-state index contributed by atoms with van der Waals surface area (Å²) >= 11 is 0. The molecule has 0 amide bonds. The molecule has 130 valence electrons. The summed E-state index contributed by atoms with van der Waals surface area (Å²) in [7, 11) is 1.91. The van der Waals surface area contributed by atoms with Gasteiger partial charge in [-0.25, -0.2) is 9.97 Å². The third kappa shape index (κ3) is 2.48. The number of hydrogen-bond donors (Lipinski definition) is 2. The van der Waals surface area contributed by atoms with E-state index in [1.165, 1.54) is 17.7 Å². The van der Waals surface area contributed by atoms with Gasteiger partial charge in [0.15, 0.2) is 11.5 Å². The van der Waals surface area contributed by atoms with E-state index in [2.05, 4.69) is 43.9 Å². The molecule has 0 aliphatic carbocycles. The predicted molar refractivity (Wildman–Crippen MR) is 102 cm³/mol. The summed E-state index contributed by atoms with van der Waals surface area (Å²) in [4.78, 5) is 9.06. The number of aromatic nitrogens is 5. The first-order valence-electron chi connectivity index (χ1n) is 8.73.